The van der Waals surface area contributed by atoms with Crippen molar-refractivity contribution in [1.29, 1.82) is 0 Å². The van der Waals surface area contributed by atoms with E-state index in [1.165, 1.54) is 13.2 Å². The summed E-state index contributed by atoms with van der Waals surface area (Å²) in [5.74, 6) is -0.369. The van der Waals surface area contributed by atoms with Crippen molar-refractivity contribution in [3.05, 3.63) is 23.8 Å². The van der Waals surface area contributed by atoms with E-state index in [9.17, 15) is 21.6 Å². The van der Waals surface area contributed by atoms with Crippen LogP contribution in [0.5, 0.6) is 5.75 Å². The van der Waals surface area contributed by atoms with Crippen molar-refractivity contribution in [1.82, 2.24) is 9.80 Å². The summed E-state index contributed by atoms with van der Waals surface area (Å²) in [4.78, 5) is 14.4. The third-order valence-electron chi connectivity index (χ3n) is 5.26. The minimum atomic E-state index is -3.92. The monoisotopic (exact) mass is 416 g/mol. The summed E-state index contributed by atoms with van der Waals surface area (Å²) in [6, 6.07) is 4.24. The molecule has 2 aliphatic rings. The fourth-order valence-electron chi connectivity index (χ4n) is 3.78. The zero-order valence-electron chi connectivity index (χ0n) is 15.4. The zero-order valence-corrected chi connectivity index (χ0v) is 17.0. The zero-order chi connectivity index (χ0) is 19.8. The molecule has 2 aliphatic heterocycles. The molecule has 1 aromatic rings. The molecule has 1 aromatic carbocycles. The topological polar surface area (TPSA) is 101 Å². The molecule has 0 saturated carbocycles. The Bertz CT molecular complexity index is 921. The van der Waals surface area contributed by atoms with E-state index in [4.69, 9.17) is 4.74 Å². The van der Waals surface area contributed by atoms with Crippen LogP contribution in [0.15, 0.2) is 23.1 Å². The Morgan fingerprint density at radius 2 is 1.81 bits per heavy atom. The van der Waals surface area contributed by atoms with Crippen molar-refractivity contribution >= 4 is 26.1 Å². The minimum Gasteiger partial charge on any atom is -0.495 e. The molecule has 0 N–H and O–H groups in total. The molecule has 2 saturated heterocycles. The van der Waals surface area contributed by atoms with Gasteiger partial charge in [-0.25, -0.2) is 16.8 Å². The molecule has 2 atom stereocenters. The Morgan fingerprint density at radius 3 is 2.41 bits per heavy atom. The molecule has 0 radical (unpaired) electrons. The van der Waals surface area contributed by atoms with E-state index in [1.807, 2.05) is 4.90 Å². The van der Waals surface area contributed by atoms with Crippen molar-refractivity contribution in [2.75, 3.05) is 44.8 Å². The van der Waals surface area contributed by atoms with E-state index in [-0.39, 0.29) is 16.4 Å². The predicted molar refractivity (Wildman–Crippen MR) is 100 cm³/mol. The number of carbonyl (C=O) groups is 1. The first kappa shape index (κ1) is 20.1. The Balaban J connectivity index is 1.97. The maximum Gasteiger partial charge on any atom is 0.209 e. The first-order valence-corrected chi connectivity index (χ1v) is 12.1. The number of aryl methyl sites for hydroxylation is 1. The van der Waals surface area contributed by atoms with E-state index in [0.717, 1.165) is 12.0 Å². The molecule has 2 heterocycles. The summed E-state index contributed by atoms with van der Waals surface area (Å²) in [5.41, 5.74) is 0.756. The van der Waals surface area contributed by atoms with Crippen LogP contribution in [0.25, 0.3) is 0 Å². The normalized spacial score (nSPS) is 26.1. The summed E-state index contributed by atoms with van der Waals surface area (Å²) < 4.78 is 56.6. The van der Waals surface area contributed by atoms with E-state index < -0.39 is 36.7 Å². The third-order valence-corrected chi connectivity index (χ3v) is 9.40. The molecule has 8 nitrogen and oxygen atoms in total. The summed E-state index contributed by atoms with van der Waals surface area (Å²) in [6.07, 6.45) is 0.758. The van der Waals surface area contributed by atoms with Gasteiger partial charge in [0, 0.05) is 32.2 Å². The van der Waals surface area contributed by atoms with Crippen LogP contribution >= 0.6 is 0 Å². The number of piperazine rings is 1. The summed E-state index contributed by atoms with van der Waals surface area (Å²) in [7, 11) is -6.01. The van der Waals surface area contributed by atoms with Gasteiger partial charge in [-0.05, 0) is 24.6 Å². The van der Waals surface area contributed by atoms with Crippen LogP contribution in [0.4, 0.5) is 0 Å². The lowest BCUT2D eigenvalue weighted by molar-refractivity contribution is -0.119. The van der Waals surface area contributed by atoms with Gasteiger partial charge in [0.05, 0.1) is 23.9 Å². The first-order valence-electron chi connectivity index (χ1n) is 8.70. The Kier molecular flexibility index (Phi) is 5.51. The van der Waals surface area contributed by atoms with Gasteiger partial charge >= 0.3 is 0 Å². The Morgan fingerprint density at radius 1 is 1.15 bits per heavy atom. The van der Waals surface area contributed by atoms with Gasteiger partial charge in [0.2, 0.25) is 6.41 Å². The lowest BCUT2D eigenvalue weighted by Gasteiger charge is -2.38. The quantitative estimate of drug-likeness (QED) is 0.608. The molecule has 0 unspecified atom stereocenters. The van der Waals surface area contributed by atoms with Crippen LogP contribution in [0.3, 0.4) is 0 Å². The van der Waals surface area contributed by atoms with Crippen LogP contribution in [-0.4, -0.2) is 89.1 Å². The lowest BCUT2D eigenvalue weighted by Crippen LogP contribution is -2.54. The maximum atomic E-state index is 13.4. The molecule has 0 aromatic heterocycles. The van der Waals surface area contributed by atoms with Gasteiger partial charge < -0.3 is 9.64 Å². The van der Waals surface area contributed by atoms with Crippen LogP contribution in [0.1, 0.15) is 5.56 Å². The highest BCUT2D eigenvalue weighted by Crippen LogP contribution is 2.34. The number of rotatable bonds is 5. The molecular formula is C17H24N2O6S2. The van der Waals surface area contributed by atoms with Gasteiger partial charge in [-0.3, -0.25) is 9.69 Å². The van der Waals surface area contributed by atoms with E-state index in [0.29, 0.717) is 26.2 Å². The number of methoxy groups -OCH3 is 1. The number of ether oxygens (including phenoxy) is 1. The molecule has 150 valence electrons. The molecular weight excluding hydrogens is 392 g/mol. The highest BCUT2D eigenvalue weighted by molar-refractivity contribution is 7.96. The molecule has 1 amide bonds. The highest BCUT2D eigenvalue weighted by Gasteiger charge is 2.49. The molecule has 0 bridgehead atoms. The van der Waals surface area contributed by atoms with Gasteiger partial charge in [-0.1, -0.05) is 6.07 Å². The third kappa shape index (κ3) is 3.97. The number of amides is 1. The number of benzene rings is 1. The second kappa shape index (κ2) is 7.40. The van der Waals surface area contributed by atoms with Crippen molar-refractivity contribution in [2.45, 2.75) is 23.1 Å². The van der Waals surface area contributed by atoms with Crippen molar-refractivity contribution in [3.63, 3.8) is 0 Å². The molecule has 0 spiro atoms. The van der Waals surface area contributed by atoms with Crippen LogP contribution < -0.4 is 4.74 Å². The number of hydrogen-bond acceptors (Lipinski definition) is 7. The fraction of sp³-hybridized carbons (Fsp3) is 0.588. The summed E-state index contributed by atoms with van der Waals surface area (Å²) >= 11 is 0. The molecule has 3 rings (SSSR count). The van der Waals surface area contributed by atoms with Crippen molar-refractivity contribution in [3.8, 4) is 5.75 Å². The lowest BCUT2D eigenvalue weighted by atomic mass is 10.2. The SMILES string of the molecule is COc1ccc(C)cc1S(=O)(=O)[C@H]1CS(=O)(=O)C[C@@H]1N1CCN(C=O)CC1. The first-order chi connectivity index (χ1) is 12.7. The smallest absolute Gasteiger partial charge is 0.209 e. The average molecular weight is 417 g/mol. The van der Waals surface area contributed by atoms with Gasteiger partial charge in [0.1, 0.15) is 10.6 Å². The number of hydrogen-bond donors (Lipinski definition) is 0. The van der Waals surface area contributed by atoms with Crippen LogP contribution in [0.2, 0.25) is 0 Å². The van der Waals surface area contributed by atoms with E-state index in [2.05, 4.69) is 0 Å². The highest BCUT2D eigenvalue weighted by atomic mass is 32.2. The fourth-order valence-corrected chi connectivity index (χ4v) is 8.85. The Labute approximate surface area is 159 Å². The van der Waals surface area contributed by atoms with Gasteiger partial charge in [-0.15, -0.1) is 0 Å². The number of sulfone groups is 2. The Hall–Kier alpha value is -1.65. The van der Waals surface area contributed by atoms with Gasteiger partial charge in [-0.2, -0.15) is 0 Å². The van der Waals surface area contributed by atoms with E-state index in [1.54, 1.807) is 24.0 Å². The molecule has 2 fully saturated rings. The van der Waals surface area contributed by atoms with Crippen LogP contribution in [-0.2, 0) is 24.5 Å². The second-order valence-corrected chi connectivity index (χ2v) is 11.3. The standard InChI is InChI=1S/C17H24N2O6S2/c1-13-3-4-15(25-2)16(9-13)27(23,24)17-11-26(21,22)10-14(17)19-7-5-18(12-20)6-8-19/h3-4,9,12,14,17H,5-8,10-11H2,1-2H3/t14-,17-/m0/s1. The molecule has 0 aliphatic carbocycles. The molecule has 10 heteroatoms. The average Bonchev–Trinajstić information content (AvgIpc) is 2.98. The number of nitrogens with zero attached hydrogens (tertiary/aromatic N) is 2. The van der Waals surface area contributed by atoms with Crippen molar-refractivity contribution in [2.24, 2.45) is 0 Å². The van der Waals surface area contributed by atoms with Gasteiger partial charge in [0.15, 0.2) is 19.7 Å². The maximum absolute atomic E-state index is 13.4. The van der Waals surface area contributed by atoms with Crippen molar-refractivity contribution < 1.29 is 26.4 Å². The van der Waals surface area contributed by atoms with Gasteiger partial charge in [0.25, 0.3) is 0 Å². The van der Waals surface area contributed by atoms with E-state index >= 15 is 0 Å². The molecule has 27 heavy (non-hydrogen) atoms. The van der Waals surface area contributed by atoms with Crippen LogP contribution in [0, 0.1) is 6.92 Å². The summed E-state index contributed by atoms with van der Waals surface area (Å²) in [6.45, 7) is 3.60. The minimum absolute atomic E-state index is 0.0311. The number of carbonyl (C=O) groups excluding carboxylic acids is 1. The summed E-state index contributed by atoms with van der Waals surface area (Å²) in [5, 5.41) is -1.05. The largest absolute Gasteiger partial charge is 0.495 e. The second-order valence-electron chi connectivity index (χ2n) is 7.06. The predicted octanol–water partition coefficient (Wildman–Crippen LogP) is -0.283.